The van der Waals surface area contributed by atoms with Crippen LogP contribution in [-0.2, 0) is 16.0 Å². The first-order valence-corrected chi connectivity index (χ1v) is 12.6. The van der Waals surface area contributed by atoms with Gasteiger partial charge in [0.15, 0.2) is 6.23 Å². The number of halogens is 3. The lowest BCUT2D eigenvalue weighted by atomic mass is 10.1. The fourth-order valence-electron chi connectivity index (χ4n) is 4.24. The smallest absolute Gasteiger partial charge is 0.253 e. The monoisotopic (exact) mass is 568 g/mol. The van der Waals surface area contributed by atoms with Crippen LogP contribution in [0, 0.1) is 5.82 Å². The maximum atomic E-state index is 13.7. The van der Waals surface area contributed by atoms with Crippen molar-refractivity contribution in [1.29, 1.82) is 0 Å². The SMILES string of the molecule is C[C@@H]1O[C@@H](c2cn(-c3ccc(Br)cc3)nc2-c2ccc(F)cc2)N(CCc2ccc(N)c(Cl)c2)C1=O. The molecule has 0 spiro atoms. The second-order valence-corrected chi connectivity index (χ2v) is 9.95. The Kier molecular flexibility index (Phi) is 6.83. The van der Waals surface area contributed by atoms with Crippen LogP contribution in [0.15, 0.2) is 77.4 Å². The van der Waals surface area contributed by atoms with Gasteiger partial charge in [0.05, 0.1) is 16.4 Å². The van der Waals surface area contributed by atoms with E-state index in [-0.39, 0.29) is 11.7 Å². The number of benzene rings is 3. The molecule has 4 aromatic rings. The Morgan fingerprint density at radius 2 is 1.83 bits per heavy atom. The summed E-state index contributed by atoms with van der Waals surface area (Å²) in [7, 11) is 0. The Morgan fingerprint density at radius 3 is 2.53 bits per heavy atom. The maximum Gasteiger partial charge on any atom is 0.253 e. The van der Waals surface area contributed by atoms with Gasteiger partial charge in [-0.15, -0.1) is 0 Å². The van der Waals surface area contributed by atoms with Crippen LogP contribution in [0.1, 0.15) is 24.3 Å². The highest BCUT2D eigenvalue weighted by atomic mass is 79.9. The van der Waals surface area contributed by atoms with Crippen molar-refractivity contribution in [2.45, 2.75) is 25.7 Å². The number of hydrogen-bond acceptors (Lipinski definition) is 4. The van der Waals surface area contributed by atoms with Crippen molar-refractivity contribution in [2.75, 3.05) is 12.3 Å². The number of carbonyl (C=O) groups excluding carboxylic acids is 1. The molecule has 0 radical (unpaired) electrons. The quantitative estimate of drug-likeness (QED) is 0.282. The van der Waals surface area contributed by atoms with Gasteiger partial charge in [-0.1, -0.05) is 33.6 Å². The number of nitrogens with two attached hydrogens (primary N) is 1. The molecule has 1 saturated heterocycles. The van der Waals surface area contributed by atoms with E-state index in [9.17, 15) is 9.18 Å². The van der Waals surface area contributed by atoms with Crippen molar-refractivity contribution in [1.82, 2.24) is 14.7 Å². The molecular formula is C27H23BrClFN4O2. The van der Waals surface area contributed by atoms with E-state index in [1.165, 1.54) is 12.1 Å². The predicted octanol–water partition coefficient (Wildman–Crippen LogP) is 6.17. The van der Waals surface area contributed by atoms with Crippen molar-refractivity contribution in [3.8, 4) is 16.9 Å². The minimum atomic E-state index is -0.652. The molecule has 9 heteroatoms. The molecule has 5 rings (SSSR count). The van der Waals surface area contributed by atoms with Crippen LogP contribution in [0.5, 0.6) is 0 Å². The predicted molar refractivity (Wildman–Crippen MR) is 141 cm³/mol. The minimum Gasteiger partial charge on any atom is -0.398 e. The molecule has 1 fully saturated rings. The van der Waals surface area contributed by atoms with E-state index in [1.54, 1.807) is 34.7 Å². The Morgan fingerprint density at radius 1 is 1.11 bits per heavy atom. The first-order chi connectivity index (χ1) is 17.3. The molecule has 1 aliphatic heterocycles. The number of nitrogens with zero attached hydrogens (tertiary/aromatic N) is 3. The molecule has 2 atom stereocenters. The normalized spacial score (nSPS) is 17.7. The maximum absolute atomic E-state index is 13.7. The topological polar surface area (TPSA) is 73.4 Å². The van der Waals surface area contributed by atoms with E-state index in [1.807, 2.05) is 42.6 Å². The Balaban J connectivity index is 1.53. The number of rotatable bonds is 6. The van der Waals surface area contributed by atoms with Gasteiger partial charge >= 0.3 is 0 Å². The van der Waals surface area contributed by atoms with E-state index in [2.05, 4.69) is 15.9 Å². The Bertz CT molecular complexity index is 1410. The molecule has 6 nitrogen and oxygen atoms in total. The van der Waals surface area contributed by atoms with Gasteiger partial charge in [0.1, 0.15) is 17.6 Å². The van der Waals surface area contributed by atoms with E-state index in [0.717, 1.165) is 26.9 Å². The van der Waals surface area contributed by atoms with Gasteiger partial charge in [0.2, 0.25) is 0 Å². The molecule has 1 aromatic heterocycles. The number of hydrogen-bond donors (Lipinski definition) is 1. The van der Waals surface area contributed by atoms with Crippen LogP contribution in [0.2, 0.25) is 5.02 Å². The largest absolute Gasteiger partial charge is 0.398 e. The van der Waals surface area contributed by atoms with Crippen molar-refractivity contribution in [2.24, 2.45) is 0 Å². The summed E-state index contributed by atoms with van der Waals surface area (Å²) >= 11 is 9.64. The lowest BCUT2D eigenvalue weighted by molar-refractivity contribution is -0.130. The van der Waals surface area contributed by atoms with E-state index < -0.39 is 12.3 Å². The third kappa shape index (κ3) is 4.89. The van der Waals surface area contributed by atoms with E-state index >= 15 is 0 Å². The van der Waals surface area contributed by atoms with Crippen LogP contribution in [0.4, 0.5) is 10.1 Å². The van der Waals surface area contributed by atoms with Crippen LogP contribution in [-0.4, -0.2) is 33.2 Å². The second kappa shape index (κ2) is 10.0. The van der Waals surface area contributed by atoms with Crippen LogP contribution in [0.25, 0.3) is 16.9 Å². The molecule has 3 aromatic carbocycles. The number of anilines is 1. The van der Waals surface area contributed by atoms with Crippen molar-refractivity contribution < 1.29 is 13.9 Å². The van der Waals surface area contributed by atoms with Gasteiger partial charge in [-0.2, -0.15) is 5.10 Å². The van der Waals surface area contributed by atoms with Crippen LogP contribution >= 0.6 is 27.5 Å². The standard InChI is InChI=1S/C27H23BrClFN4O2/c1-16-26(35)33(13-12-17-2-11-24(31)23(29)14-17)27(36-16)22-15-34(21-9-5-19(28)6-10-21)32-25(22)18-3-7-20(30)8-4-18/h2-11,14-16,27H,12-13,31H2,1H3/t16-,27-/m0/s1. The zero-order valence-corrected chi connectivity index (χ0v) is 21.7. The summed E-state index contributed by atoms with van der Waals surface area (Å²) in [5, 5.41) is 5.29. The molecule has 0 saturated carbocycles. The van der Waals surface area contributed by atoms with Crippen LogP contribution in [0.3, 0.4) is 0 Å². The minimum absolute atomic E-state index is 0.108. The zero-order valence-electron chi connectivity index (χ0n) is 19.4. The fourth-order valence-corrected chi connectivity index (χ4v) is 4.71. The summed E-state index contributed by atoms with van der Waals surface area (Å²) in [6.07, 6.45) is 1.18. The number of carbonyl (C=O) groups is 1. The summed E-state index contributed by atoms with van der Waals surface area (Å²) in [5.74, 6) is -0.444. The van der Waals surface area contributed by atoms with Gasteiger partial charge in [-0.3, -0.25) is 4.79 Å². The van der Waals surface area contributed by atoms with Crippen molar-refractivity contribution >= 4 is 39.1 Å². The first kappa shape index (κ1) is 24.5. The molecule has 1 aliphatic rings. The summed E-state index contributed by atoms with van der Waals surface area (Å²) in [4.78, 5) is 14.8. The van der Waals surface area contributed by atoms with Gasteiger partial charge < -0.3 is 15.4 Å². The highest BCUT2D eigenvalue weighted by Crippen LogP contribution is 2.37. The van der Waals surface area contributed by atoms with Gasteiger partial charge in [0, 0.05) is 28.3 Å². The molecule has 36 heavy (non-hydrogen) atoms. The van der Waals surface area contributed by atoms with E-state index in [0.29, 0.717) is 29.4 Å². The summed E-state index contributed by atoms with van der Waals surface area (Å²) in [6.45, 7) is 2.16. The summed E-state index contributed by atoms with van der Waals surface area (Å²) < 4.78 is 22.5. The lowest BCUT2D eigenvalue weighted by Crippen LogP contribution is -2.32. The Hall–Kier alpha value is -3.20. The second-order valence-electron chi connectivity index (χ2n) is 8.63. The highest BCUT2D eigenvalue weighted by molar-refractivity contribution is 9.10. The van der Waals surface area contributed by atoms with Crippen LogP contribution < -0.4 is 5.73 Å². The van der Waals surface area contributed by atoms with Crippen molar-refractivity contribution in [3.63, 3.8) is 0 Å². The Labute approximate surface area is 221 Å². The average molecular weight is 570 g/mol. The highest BCUT2D eigenvalue weighted by Gasteiger charge is 2.40. The number of amides is 1. The third-order valence-electron chi connectivity index (χ3n) is 6.17. The number of aromatic nitrogens is 2. The molecule has 2 N–H and O–H groups in total. The zero-order chi connectivity index (χ0) is 25.4. The lowest BCUT2D eigenvalue weighted by Gasteiger charge is -2.23. The van der Waals surface area contributed by atoms with Crippen molar-refractivity contribution in [3.05, 3.63) is 99.4 Å². The molecule has 0 bridgehead atoms. The fraction of sp³-hybridized carbons (Fsp3) is 0.185. The molecule has 0 aliphatic carbocycles. The van der Waals surface area contributed by atoms with Gasteiger partial charge in [0.25, 0.3) is 5.91 Å². The number of nitrogen functional groups attached to an aromatic ring is 1. The average Bonchev–Trinajstić information content (AvgIpc) is 3.42. The van der Waals surface area contributed by atoms with Gasteiger partial charge in [-0.05, 0) is 79.6 Å². The third-order valence-corrected chi connectivity index (χ3v) is 7.03. The molecule has 2 heterocycles. The first-order valence-electron chi connectivity index (χ1n) is 11.4. The molecular weight excluding hydrogens is 547 g/mol. The molecule has 184 valence electrons. The summed E-state index contributed by atoms with van der Waals surface area (Å²) in [5.41, 5.74) is 10.2. The summed E-state index contributed by atoms with van der Waals surface area (Å²) in [6, 6.07) is 19.3. The number of ether oxygens (including phenoxy) is 1. The molecule has 1 amide bonds. The molecule has 0 unspecified atom stereocenters. The van der Waals surface area contributed by atoms with Gasteiger partial charge in [-0.25, -0.2) is 9.07 Å². The van der Waals surface area contributed by atoms with E-state index in [4.69, 9.17) is 27.2 Å².